The van der Waals surface area contributed by atoms with Crippen LogP contribution in [0.5, 0.6) is 0 Å². The first-order valence-corrected chi connectivity index (χ1v) is 6.69. The Morgan fingerprint density at radius 3 is 2.67 bits per heavy atom. The minimum Gasteiger partial charge on any atom is -0.455 e. The molecule has 0 bridgehead atoms. The molecule has 0 amide bonds. The Morgan fingerprint density at radius 2 is 1.94 bits per heavy atom. The van der Waals surface area contributed by atoms with Gasteiger partial charge >= 0.3 is 0 Å². The van der Waals surface area contributed by atoms with Gasteiger partial charge in [-0.2, -0.15) is 0 Å². The van der Waals surface area contributed by atoms with Crippen molar-refractivity contribution in [1.29, 1.82) is 0 Å². The van der Waals surface area contributed by atoms with Gasteiger partial charge in [-0.3, -0.25) is 0 Å². The summed E-state index contributed by atoms with van der Waals surface area (Å²) in [5.41, 5.74) is 0.833. The molecule has 1 aromatic heterocycles. The monoisotopic (exact) mass is 284 g/mol. The summed E-state index contributed by atoms with van der Waals surface area (Å²) in [6, 6.07) is 9.82. The van der Waals surface area contributed by atoms with Crippen molar-refractivity contribution in [2.45, 2.75) is 26.4 Å². The normalized spacial score (nSPS) is 11.2. The molecule has 0 spiro atoms. The van der Waals surface area contributed by atoms with Crippen molar-refractivity contribution >= 4 is 23.2 Å². The van der Waals surface area contributed by atoms with Gasteiger partial charge in [0, 0.05) is 10.6 Å². The van der Waals surface area contributed by atoms with Gasteiger partial charge in [-0.05, 0) is 44.2 Å². The Labute approximate surface area is 117 Å². The number of hydrogen-bond donors (Lipinski definition) is 1. The second-order valence-electron chi connectivity index (χ2n) is 4.57. The zero-order valence-electron chi connectivity index (χ0n) is 10.4. The van der Waals surface area contributed by atoms with Crippen LogP contribution in [0.25, 0.3) is 11.3 Å². The van der Waals surface area contributed by atoms with Crippen molar-refractivity contribution in [3.63, 3.8) is 0 Å². The molecule has 0 fully saturated rings. The van der Waals surface area contributed by atoms with Crippen molar-refractivity contribution in [2.24, 2.45) is 0 Å². The molecule has 0 unspecified atom stereocenters. The van der Waals surface area contributed by atoms with Gasteiger partial charge in [0.05, 0.1) is 11.1 Å². The average Bonchev–Trinajstić information content (AvgIpc) is 2.78. The second kappa shape index (κ2) is 5.79. The van der Waals surface area contributed by atoms with E-state index < -0.39 is 0 Å². The van der Waals surface area contributed by atoms with Crippen LogP contribution in [0.2, 0.25) is 10.0 Å². The molecule has 2 rings (SSSR count). The molecule has 2 aromatic rings. The van der Waals surface area contributed by atoms with Crippen LogP contribution >= 0.6 is 23.2 Å². The van der Waals surface area contributed by atoms with Crippen LogP contribution in [0.1, 0.15) is 19.6 Å². The number of benzene rings is 1. The Bertz CT molecular complexity index is 534. The summed E-state index contributed by atoms with van der Waals surface area (Å²) in [4.78, 5) is 0. The van der Waals surface area contributed by atoms with Crippen molar-refractivity contribution in [2.75, 3.05) is 0 Å². The molecule has 0 saturated heterocycles. The van der Waals surface area contributed by atoms with E-state index in [1.807, 2.05) is 18.2 Å². The first-order valence-electron chi connectivity index (χ1n) is 5.93. The van der Waals surface area contributed by atoms with E-state index in [0.29, 0.717) is 16.1 Å². The summed E-state index contributed by atoms with van der Waals surface area (Å²) >= 11 is 12.1. The molecular formula is C14H16Cl2NO+. The Morgan fingerprint density at radius 1 is 1.17 bits per heavy atom. The number of furan rings is 1. The summed E-state index contributed by atoms with van der Waals surface area (Å²) in [6.07, 6.45) is 0. The minimum absolute atomic E-state index is 0.549. The van der Waals surface area contributed by atoms with Gasteiger partial charge < -0.3 is 9.73 Å². The third kappa shape index (κ3) is 3.29. The predicted molar refractivity (Wildman–Crippen MR) is 74.9 cm³/mol. The number of hydrogen-bond acceptors (Lipinski definition) is 1. The number of quaternary nitrogens is 1. The molecule has 0 radical (unpaired) electrons. The lowest BCUT2D eigenvalue weighted by Gasteiger charge is -2.03. The van der Waals surface area contributed by atoms with E-state index in [9.17, 15) is 0 Å². The van der Waals surface area contributed by atoms with Crippen molar-refractivity contribution in [1.82, 2.24) is 0 Å². The van der Waals surface area contributed by atoms with E-state index in [1.54, 1.807) is 12.1 Å². The number of halogens is 2. The van der Waals surface area contributed by atoms with Gasteiger partial charge in [0.25, 0.3) is 0 Å². The fourth-order valence-corrected chi connectivity index (χ4v) is 2.05. The van der Waals surface area contributed by atoms with E-state index in [4.69, 9.17) is 27.6 Å². The zero-order valence-corrected chi connectivity index (χ0v) is 11.9. The summed E-state index contributed by atoms with van der Waals surface area (Å²) in [6.45, 7) is 5.13. The van der Waals surface area contributed by atoms with Gasteiger partial charge in [-0.15, -0.1) is 0 Å². The van der Waals surface area contributed by atoms with E-state index in [2.05, 4.69) is 19.2 Å². The molecule has 0 aliphatic rings. The van der Waals surface area contributed by atoms with Crippen molar-refractivity contribution in [3.8, 4) is 11.3 Å². The SMILES string of the molecule is CC(C)[NH2+]Cc1ccc(-c2cc(Cl)ccc2Cl)o1. The summed E-state index contributed by atoms with van der Waals surface area (Å²) < 4.78 is 5.78. The molecule has 2 N–H and O–H groups in total. The number of nitrogens with two attached hydrogens (primary N) is 1. The zero-order chi connectivity index (χ0) is 13.1. The summed E-state index contributed by atoms with van der Waals surface area (Å²) in [5.74, 6) is 1.70. The lowest BCUT2D eigenvalue weighted by Crippen LogP contribution is -2.86. The van der Waals surface area contributed by atoms with Crippen LogP contribution in [0.15, 0.2) is 34.7 Å². The van der Waals surface area contributed by atoms with Crippen LogP contribution in [-0.4, -0.2) is 6.04 Å². The smallest absolute Gasteiger partial charge is 0.158 e. The van der Waals surface area contributed by atoms with Crippen LogP contribution < -0.4 is 5.32 Å². The molecule has 0 atom stereocenters. The predicted octanol–water partition coefficient (Wildman–Crippen LogP) is 3.73. The van der Waals surface area contributed by atoms with Crippen LogP contribution in [0.4, 0.5) is 0 Å². The molecule has 0 aliphatic carbocycles. The Kier molecular flexibility index (Phi) is 4.33. The maximum absolute atomic E-state index is 6.14. The lowest BCUT2D eigenvalue weighted by atomic mass is 10.2. The lowest BCUT2D eigenvalue weighted by molar-refractivity contribution is -0.699. The highest BCUT2D eigenvalue weighted by Gasteiger charge is 2.10. The van der Waals surface area contributed by atoms with Gasteiger partial charge in [0.15, 0.2) is 5.76 Å². The Balaban J connectivity index is 2.21. The van der Waals surface area contributed by atoms with E-state index in [0.717, 1.165) is 23.6 Å². The highest BCUT2D eigenvalue weighted by atomic mass is 35.5. The largest absolute Gasteiger partial charge is 0.455 e. The van der Waals surface area contributed by atoms with Crippen molar-refractivity contribution < 1.29 is 9.73 Å². The first-order chi connectivity index (χ1) is 8.56. The third-order valence-corrected chi connectivity index (χ3v) is 3.21. The molecule has 4 heteroatoms. The molecule has 0 aliphatic heterocycles. The van der Waals surface area contributed by atoms with Gasteiger partial charge in [0.2, 0.25) is 0 Å². The van der Waals surface area contributed by atoms with Crippen LogP contribution in [0, 0.1) is 0 Å². The molecule has 2 nitrogen and oxygen atoms in total. The average molecular weight is 285 g/mol. The van der Waals surface area contributed by atoms with Crippen LogP contribution in [0.3, 0.4) is 0 Å². The molecule has 96 valence electrons. The maximum Gasteiger partial charge on any atom is 0.158 e. The van der Waals surface area contributed by atoms with Gasteiger partial charge in [-0.25, -0.2) is 0 Å². The highest BCUT2D eigenvalue weighted by molar-refractivity contribution is 6.35. The Hall–Kier alpha value is -0.960. The second-order valence-corrected chi connectivity index (χ2v) is 5.42. The van der Waals surface area contributed by atoms with Crippen LogP contribution in [-0.2, 0) is 6.54 Å². The molecule has 1 heterocycles. The standard InChI is InChI=1S/C14H15Cl2NO/c1-9(2)17-8-11-4-6-14(18-11)12-7-10(15)3-5-13(12)16/h3-7,9,17H,8H2,1-2H3/p+1. The fourth-order valence-electron chi connectivity index (χ4n) is 1.67. The van der Waals surface area contributed by atoms with E-state index in [-0.39, 0.29) is 0 Å². The van der Waals surface area contributed by atoms with Gasteiger partial charge in [0.1, 0.15) is 12.3 Å². The van der Waals surface area contributed by atoms with Gasteiger partial charge in [-0.1, -0.05) is 23.2 Å². The van der Waals surface area contributed by atoms with Crippen molar-refractivity contribution in [3.05, 3.63) is 46.1 Å². The third-order valence-electron chi connectivity index (χ3n) is 2.65. The maximum atomic E-state index is 6.14. The molecule has 1 aromatic carbocycles. The first kappa shape index (κ1) is 13.5. The minimum atomic E-state index is 0.549. The summed E-state index contributed by atoms with van der Waals surface area (Å²) in [7, 11) is 0. The number of rotatable bonds is 4. The fraction of sp³-hybridized carbons (Fsp3) is 0.286. The van der Waals surface area contributed by atoms with E-state index >= 15 is 0 Å². The summed E-state index contributed by atoms with van der Waals surface area (Å²) in [5, 5.41) is 3.51. The molecule has 18 heavy (non-hydrogen) atoms. The molecular weight excluding hydrogens is 269 g/mol. The quantitative estimate of drug-likeness (QED) is 0.911. The molecule has 0 saturated carbocycles. The highest BCUT2D eigenvalue weighted by Crippen LogP contribution is 2.31. The topological polar surface area (TPSA) is 29.8 Å². The van der Waals surface area contributed by atoms with E-state index in [1.165, 1.54) is 0 Å².